The first-order valence-electron chi connectivity index (χ1n) is 7.21. The van der Waals surface area contributed by atoms with Crippen LogP contribution < -0.4 is 15.1 Å². The Labute approximate surface area is 127 Å². The molecule has 0 saturated heterocycles. The van der Waals surface area contributed by atoms with E-state index in [9.17, 15) is 4.79 Å². The lowest BCUT2D eigenvalue weighted by Gasteiger charge is -2.31. The average molecular weight is 293 g/mol. The number of benzene rings is 2. The monoisotopic (exact) mass is 293 g/mol. The molecule has 3 aromatic rings. The van der Waals surface area contributed by atoms with Gasteiger partial charge < -0.3 is 14.1 Å². The number of hydrogen-bond acceptors (Lipinski definition) is 4. The summed E-state index contributed by atoms with van der Waals surface area (Å²) in [6.45, 7) is 3.22. The number of anilines is 1. The third-order valence-corrected chi connectivity index (χ3v) is 4.07. The van der Waals surface area contributed by atoms with Gasteiger partial charge in [-0.3, -0.25) is 4.79 Å². The molecular formula is C18H15NO3. The first kappa shape index (κ1) is 13.0. The fraction of sp³-hybridized carbons (Fsp3) is 0.167. The molecular weight excluding hydrogens is 278 g/mol. The van der Waals surface area contributed by atoms with Crippen LogP contribution in [0.25, 0.3) is 11.0 Å². The molecule has 0 amide bonds. The van der Waals surface area contributed by atoms with Crippen LogP contribution in [0, 0.1) is 6.92 Å². The topological polar surface area (TPSA) is 42.7 Å². The minimum absolute atomic E-state index is 0.0305. The van der Waals surface area contributed by atoms with E-state index < -0.39 is 0 Å². The standard InChI is InChI=1S/C18H15NO3/c1-12-4-2-3-5-15(12)19-10-14-17(22-11-19)7-6-13-16(20)8-9-21-18(13)14/h2-9H,10-11H2,1H3. The van der Waals surface area contributed by atoms with Crippen molar-refractivity contribution in [3.05, 3.63) is 70.1 Å². The molecule has 2 aromatic carbocycles. The molecule has 0 aliphatic carbocycles. The van der Waals surface area contributed by atoms with Crippen molar-refractivity contribution < 1.29 is 9.15 Å². The summed E-state index contributed by atoms with van der Waals surface area (Å²) >= 11 is 0. The van der Waals surface area contributed by atoms with Crippen molar-refractivity contribution in [1.29, 1.82) is 0 Å². The lowest BCUT2D eigenvalue weighted by Crippen LogP contribution is -2.32. The van der Waals surface area contributed by atoms with Gasteiger partial charge in [-0.1, -0.05) is 18.2 Å². The molecule has 1 aliphatic rings. The Kier molecular flexibility index (Phi) is 2.89. The number of para-hydroxylation sites is 1. The molecule has 0 saturated carbocycles. The smallest absolute Gasteiger partial charge is 0.192 e. The van der Waals surface area contributed by atoms with E-state index >= 15 is 0 Å². The van der Waals surface area contributed by atoms with Crippen LogP contribution in [-0.2, 0) is 6.54 Å². The highest BCUT2D eigenvalue weighted by atomic mass is 16.5. The molecule has 4 nitrogen and oxygen atoms in total. The van der Waals surface area contributed by atoms with Crippen LogP contribution >= 0.6 is 0 Å². The molecule has 0 unspecified atom stereocenters. The highest BCUT2D eigenvalue weighted by Crippen LogP contribution is 2.33. The second kappa shape index (κ2) is 4.91. The van der Waals surface area contributed by atoms with E-state index in [1.165, 1.54) is 17.9 Å². The van der Waals surface area contributed by atoms with Gasteiger partial charge in [0.15, 0.2) is 12.2 Å². The van der Waals surface area contributed by atoms with Crippen molar-refractivity contribution in [3.8, 4) is 5.75 Å². The molecule has 22 heavy (non-hydrogen) atoms. The van der Waals surface area contributed by atoms with E-state index in [2.05, 4.69) is 24.0 Å². The van der Waals surface area contributed by atoms with Crippen LogP contribution in [-0.4, -0.2) is 6.73 Å². The molecule has 0 fully saturated rings. The second-order valence-corrected chi connectivity index (χ2v) is 5.46. The molecule has 2 heterocycles. The van der Waals surface area contributed by atoms with Gasteiger partial charge in [0.2, 0.25) is 0 Å². The Balaban J connectivity index is 1.84. The molecule has 0 bridgehead atoms. The van der Waals surface area contributed by atoms with Crippen molar-refractivity contribution in [3.63, 3.8) is 0 Å². The molecule has 4 heteroatoms. The summed E-state index contributed by atoms with van der Waals surface area (Å²) < 4.78 is 11.5. The summed E-state index contributed by atoms with van der Waals surface area (Å²) in [5.74, 6) is 0.784. The van der Waals surface area contributed by atoms with E-state index in [1.54, 1.807) is 6.07 Å². The van der Waals surface area contributed by atoms with Crippen LogP contribution in [0.2, 0.25) is 0 Å². The molecule has 1 aromatic heterocycles. The normalized spacial score (nSPS) is 13.8. The maximum atomic E-state index is 12.0. The molecule has 0 radical (unpaired) electrons. The first-order valence-corrected chi connectivity index (χ1v) is 7.21. The van der Waals surface area contributed by atoms with Gasteiger partial charge in [0.1, 0.15) is 11.3 Å². The summed E-state index contributed by atoms with van der Waals surface area (Å²) in [6.07, 6.45) is 1.44. The molecule has 110 valence electrons. The fourth-order valence-electron chi connectivity index (χ4n) is 2.93. The van der Waals surface area contributed by atoms with Gasteiger partial charge in [0, 0.05) is 11.8 Å². The number of fused-ring (bicyclic) bond motifs is 3. The second-order valence-electron chi connectivity index (χ2n) is 5.46. The van der Waals surface area contributed by atoms with Crippen molar-refractivity contribution >= 4 is 16.7 Å². The van der Waals surface area contributed by atoms with Gasteiger partial charge in [-0.25, -0.2) is 0 Å². The lowest BCUT2D eigenvalue weighted by atomic mass is 10.1. The van der Waals surface area contributed by atoms with E-state index in [0.29, 0.717) is 24.2 Å². The summed E-state index contributed by atoms with van der Waals surface area (Å²) in [5, 5.41) is 0.594. The van der Waals surface area contributed by atoms with Gasteiger partial charge in [-0.15, -0.1) is 0 Å². The summed E-state index contributed by atoms with van der Waals surface area (Å²) in [7, 11) is 0. The number of rotatable bonds is 1. The Morgan fingerprint density at radius 2 is 1.95 bits per heavy atom. The quantitative estimate of drug-likeness (QED) is 0.689. The number of nitrogens with zero attached hydrogens (tertiary/aromatic N) is 1. The van der Waals surface area contributed by atoms with E-state index in [0.717, 1.165) is 17.0 Å². The van der Waals surface area contributed by atoms with E-state index in [4.69, 9.17) is 9.15 Å². The highest BCUT2D eigenvalue weighted by Gasteiger charge is 2.22. The molecule has 4 rings (SSSR count). The minimum Gasteiger partial charge on any atom is -0.473 e. The maximum Gasteiger partial charge on any atom is 0.192 e. The lowest BCUT2D eigenvalue weighted by molar-refractivity contribution is 0.289. The number of aryl methyl sites for hydroxylation is 1. The molecule has 1 aliphatic heterocycles. The van der Waals surface area contributed by atoms with Gasteiger partial charge in [-0.05, 0) is 30.7 Å². The van der Waals surface area contributed by atoms with Crippen molar-refractivity contribution in [2.24, 2.45) is 0 Å². The Hall–Kier alpha value is -2.75. The van der Waals surface area contributed by atoms with Crippen LogP contribution in [0.15, 0.2) is 57.9 Å². The Bertz CT molecular complexity index is 914. The Morgan fingerprint density at radius 3 is 2.82 bits per heavy atom. The van der Waals surface area contributed by atoms with Crippen LogP contribution in [0.3, 0.4) is 0 Å². The zero-order chi connectivity index (χ0) is 15.1. The average Bonchev–Trinajstić information content (AvgIpc) is 2.55. The van der Waals surface area contributed by atoms with Crippen LogP contribution in [0.4, 0.5) is 5.69 Å². The number of ether oxygens (including phenoxy) is 1. The SMILES string of the molecule is Cc1ccccc1N1COc2ccc3c(=O)ccoc3c2C1. The Morgan fingerprint density at radius 1 is 1.09 bits per heavy atom. The van der Waals surface area contributed by atoms with Gasteiger partial charge in [0.05, 0.1) is 23.8 Å². The summed E-state index contributed by atoms with van der Waals surface area (Å²) in [6, 6.07) is 13.2. The molecule has 0 atom stereocenters. The largest absolute Gasteiger partial charge is 0.473 e. The highest BCUT2D eigenvalue weighted by molar-refractivity contribution is 5.82. The van der Waals surface area contributed by atoms with Crippen molar-refractivity contribution in [2.45, 2.75) is 13.5 Å². The molecule has 0 N–H and O–H groups in total. The third-order valence-electron chi connectivity index (χ3n) is 4.07. The van der Waals surface area contributed by atoms with E-state index in [1.807, 2.05) is 18.2 Å². The number of hydrogen-bond donors (Lipinski definition) is 0. The first-order chi connectivity index (χ1) is 10.7. The van der Waals surface area contributed by atoms with Crippen LogP contribution in [0.1, 0.15) is 11.1 Å². The molecule has 0 spiro atoms. The summed E-state index contributed by atoms with van der Waals surface area (Å²) in [5.41, 5.74) is 3.82. The van der Waals surface area contributed by atoms with Crippen molar-refractivity contribution in [2.75, 3.05) is 11.6 Å². The predicted octanol–water partition coefficient (Wildman–Crippen LogP) is 3.46. The fourth-order valence-corrected chi connectivity index (χ4v) is 2.93. The third kappa shape index (κ3) is 1.96. The van der Waals surface area contributed by atoms with Crippen LogP contribution in [0.5, 0.6) is 5.75 Å². The summed E-state index contributed by atoms with van der Waals surface area (Å²) in [4.78, 5) is 14.1. The predicted molar refractivity (Wildman–Crippen MR) is 85.3 cm³/mol. The van der Waals surface area contributed by atoms with Gasteiger partial charge in [-0.2, -0.15) is 0 Å². The van der Waals surface area contributed by atoms with Gasteiger partial charge in [0.25, 0.3) is 0 Å². The maximum absolute atomic E-state index is 12.0. The van der Waals surface area contributed by atoms with Gasteiger partial charge >= 0.3 is 0 Å². The zero-order valence-electron chi connectivity index (χ0n) is 12.2. The van der Waals surface area contributed by atoms with Crippen molar-refractivity contribution in [1.82, 2.24) is 0 Å². The minimum atomic E-state index is -0.0305. The zero-order valence-corrected chi connectivity index (χ0v) is 12.2. The van der Waals surface area contributed by atoms with E-state index in [-0.39, 0.29) is 5.43 Å².